The second-order valence-electron chi connectivity index (χ2n) is 7.91. The number of carbonyl (C=O) groups is 3. The number of nitrogens with zero attached hydrogens (tertiary/aromatic N) is 2. The monoisotopic (exact) mass is 419 g/mol. The Hall–Kier alpha value is -3.66. The van der Waals surface area contributed by atoms with Crippen LogP contribution < -0.4 is 5.32 Å². The normalized spacial score (nSPS) is 14.6. The molecular formula is C24H25N3O4. The molecule has 1 saturated carbocycles. The van der Waals surface area contributed by atoms with Crippen LogP contribution in [0.1, 0.15) is 46.0 Å². The Bertz CT molecular complexity index is 1010. The SMILES string of the molecule is CN(Cc1ccccc1)C(=O)c1ccccc1C(=O)OCC(=O)N[C@](C)(C#N)C1CC1. The number of carbonyl (C=O) groups excluding carboxylic acids is 3. The first-order valence-electron chi connectivity index (χ1n) is 10.1. The van der Waals surface area contributed by atoms with E-state index < -0.39 is 24.0 Å². The van der Waals surface area contributed by atoms with Crippen LogP contribution in [0.4, 0.5) is 0 Å². The molecule has 160 valence electrons. The second kappa shape index (κ2) is 9.43. The zero-order chi connectivity index (χ0) is 22.4. The molecule has 7 heteroatoms. The van der Waals surface area contributed by atoms with Crippen LogP contribution in [-0.2, 0) is 16.1 Å². The van der Waals surface area contributed by atoms with Gasteiger partial charge in [-0.2, -0.15) is 5.26 Å². The average molecular weight is 419 g/mol. The zero-order valence-electron chi connectivity index (χ0n) is 17.6. The molecule has 0 aromatic heterocycles. The summed E-state index contributed by atoms with van der Waals surface area (Å²) in [4.78, 5) is 39.2. The highest BCUT2D eigenvalue weighted by Crippen LogP contribution is 2.39. The highest BCUT2D eigenvalue weighted by Gasteiger charge is 2.43. The standard InChI is InChI=1S/C24H25N3O4/c1-24(16-25,18-12-13-18)26-21(28)15-31-23(30)20-11-7-6-10-19(20)22(29)27(2)14-17-8-4-3-5-9-17/h3-11,18H,12-15H2,1-2H3,(H,26,28)/t24-/m1/s1. The average Bonchev–Trinajstić information content (AvgIpc) is 3.63. The molecule has 0 spiro atoms. The summed E-state index contributed by atoms with van der Waals surface area (Å²) in [6, 6.07) is 18.0. The van der Waals surface area contributed by atoms with Crippen LogP contribution >= 0.6 is 0 Å². The highest BCUT2D eigenvalue weighted by atomic mass is 16.5. The maximum atomic E-state index is 12.9. The van der Waals surface area contributed by atoms with E-state index in [1.54, 1.807) is 32.2 Å². The molecule has 0 saturated heterocycles. The van der Waals surface area contributed by atoms with Crippen LogP contribution in [0.3, 0.4) is 0 Å². The number of hydrogen-bond donors (Lipinski definition) is 1. The van der Waals surface area contributed by atoms with Crippen LogP contribution in [-0.4, -0.2) is 41.9 Å². The predicted molar refractivity (Wildman–Crippen MR) is 114 cm³/mol. The van der Waals surface area contributed by atoms with Crippen molar-refractivity contribution in [2.75, 3.05) is 13.7 Å². The minimum Gasteiger partial charge on any atom is -0.452 e. The van der Waals surface area contributed by atoms with Crippen LogP contribution in [0.5, 0.6) is 0 Å². The quantitative estimate of drug-likeness (QED) is 0.663. The minimum atomic E-state index is -0.961. The molecule has 1 fully saturated rings. The van der Waals surface area contributed by atoms with E-state index in [1.165, 1.54) is 11.0 Å². The van der Waals surface area contributed by atoms with Crippen molar-refractivity contribution in [3.8, 4) is 6.07 Å². The first-order valence-corrected chi connectivity index (χ1v) is 10.1. The summed E-state index contributed by atoms with van der Waals surface area (Å²) in [6.07, 6.45) is 1.77. The number of nitriles is 1. The molecule has 0 unspecified atom stereocenters. The number of amides is 2. The number of esters is 1. The molecule has 7 nitrogen and oxygen atoms in total. The van der Waals surface area contributed by atoms with Gasteiger partial charge in [0.2, 0.25) is 0 Å². The Balaban J connectivity index is 1.63. The van der Waals surface area contributed by atoms with Gasteiger partial charge in [-0.15, -0.1) is 0 Å². The van der Waals surface area contributed by atoms with Gasteiger partial charge in [0, 0.05) is 13.6 Å². The molecule has 2 aromatic rings. The van der Waals surface area contributed by atoms with Crippen molar-refractivity contribution < 1.29 is 19.1 Å². The third-order valence-electron chi connectivity index (χ3n) is 5.35. The number of benzene rings is 2. The van der Waals surface area contributed by atoms with Crippen molar-refractivity contribution in [2.45, 2.75) is 31.8 Å². The fourth-order valence-corrected chi connectivity index (χ4v) is 3.40. The molecule has 1 aliphatic rings. The van der Waals surface area contributed by atoms with Crippen molar-refractivity contribution >= 4 is 17.8 Å². The molecule has 1 N–H and O–H groups in total. The number of rotatable bonds is 8. The summed E-state index contributed by atoms with van der Waals surface area (Å²) in [5.74, 6) is -1.52. The number of hydrogen-bond acceptors (Lipinski definition) is 5. The Kier molecular flexibility index (Phi) is 6.71. The van der Waals surface area contributed by atoms with Crippen LogP contribution in [0.15, 0.2) is 54.6 Å². The fourth-order valence-electron chi connectivity index (χ4n) is 3.40. The third kappa shape index (κ3) is 5.48. The fraction of sp³-hybridized carbons (Fsp3) is 0.333. The molecule has 0 radical (unpaired) electrons. The zero-order valence-corrected chi connectivity index (χ0v) is 17.6. The van der Waals surface area contributed by atoms with Crippen LogP contribution in [0.25, 0.3) is 0 Å². The van der Waals surface area contributed by atoms with Gasteiger partial charge >= 0.3 is 5.97 Å². The van der Waals surface area contributed by atoms with Gasteiger partial charge in [0.15, 0.2) is 6.61 Å². The van der Waals surface area contributed by atoms with Crippen molar-refractivity contribution in [1.29, 1.82) is 5.26 Å². The summed E-state index contributed by atoms with van der Waals surface area (Å²) in [6.45, 7) is 1.53. The highest BCUT2D eigenvalue weighted by molar-refractivity contribution is 6.05. The van der Waals surface area contributed by atoms with Gasteiger partial charge in [-0.3, -0.25) is 9.59 Å². The molecule has 1 aliphatic carbocycles. The largest absolute Gasteiger partial charge is 0.452 e. The van der Waals surface area contributed by atoms with E-state index in [2.05, 4.69) is 11.4 Å². The van der Waals surface area contributed by atoms with E-state index in [1.807, 2.05) is 30.3 Å². The lowest BCUT2D eigenvalue weighted by molar-refractivity contribution is -0.125. The summed E-state index contributed by atoms with van der Waals surface area (Å²) in [5.41, 5.74) is 0.292. The minimum absolute atomic E-state index is 0.0884. The van der Waals surface area contributed by atoms with Gasteiger partial charge in [0.05, 0.1) is 17.2 Å². The molecule has 1 atom stereocenters. The van der Waals surface area contributed by atoms with E-state index in [4.69, 9.17) is 4.74 Å². The topological polar surface area (TPSA) is 99.5 Å². The predicted octanol–water partition coefficient (Wildman–Crippen LogP) is 2.92. The molecular weight excluding hydrogens is 394 g/mol. The van der Waals surface area contributed by atoms with E-state index in [9.17, 15) is 19.6 Å². The summed E-state index contributed by atoms with van der Waals surface area (Å²) in [5, 5.41) is 12.0. The summed E-state index contributed by atoms with van der Waals surface area (Å²) in [7, 11) is 1.66. The van der Waals surface area contributed by atoms with Crippen LogP contribution in [0, 0.1) is 17.2 Å². The lowest BCUT2D eigenvalue weighted by atomic mass is 9.98. The van der Waals surface area contributed by atoms with Gasteiger partial charge in [-0.05, 0) is 43.4 Å². The number of nitrogens with one attached hydrogen (secondary N) is 1. The maximum Gasteiger partial charge on any atom is 0.339 e. The second-order valence-corrected chi connectivity index (χ2v) is 7.91. The first kappa shape index (κ1) is 22.0. The van der Waals surface area contributed by atoms with E-state index in [-0.39, 0.29) is 23.0 Å². The lowest BCUT2D eigenvalue weighted by Crippen LogP contribution is -2.48. The molecule has 0 aliphatic heterocycles. The molecule has 31 heavy (non-hydrogen) atoms. The molecule has 0 heterocycles. The van der Waals surface area contributed by atoms with Crippen molar-refractivity contribution in [2.24, 2.45) is 5.92 Å². The summed E-state index contributed by atoms with van der Waals surface area (Å²) < 4.78 is 5.14. The van der Waals surface area contributed by atoms with Crippen molar-refractivity contribution in [1.82, 2.24) is 10.2 Å². The third-order valence-corrected chi connectivity index (χ3v) is 5.35. The lowest BCUT2D eigenvalue weighted by Gasteiger charge is -2.22. The van der Waals surface area contributed by atoms with Gasteiger partial charge in [-0.1, -0.05) is 42.5 Å². The Morgan fingerprint density at radius 1 is 1.10 bits per heavy atom. The maximum absolute atomic E-state index is 12.9. The Morgan fingerprint density at radius 3 is 2.32 bits per heavy atom. The molecule has 3 rings (SSSR count). The van der Waals surface area contributed by atoms with E-state index >= 15 is 0 Å². The van der Waals surface area contributed by atoms with Crippen LogP contribution in [0.2, 0.25) is 0 Å². The van der Waals surface area contributed by atoms with Crippen molar-refractivity contribution in [3.05, 3.63) is 71.3 Å². The van der Waals surface area contributed by atoms with Gasteiger partial charge < -0.3 is 15.0 Å². The molecule has 2 aromatic carbocycles. The first-order chi connectivity index (χ1) is 14.8. The summed E-state index contributed by atoms with van der Waals surface area (Å²) >= 11 is 0. The van der Waals surface area contributed by atoms with Crippen molar-refractivity contribution in [3.63, 3.8) is 0 Å². The Morgan fingerprint density at radius 2 is 1.71 bits per heavy atom. The molecule has 0 bridgehead atoms. The van der Waals surface area contributed by atoms with Gasteiger partial charge in [0.1, 0.15) is 5.54 Å². The smallest absolute Gasteiger partial charge is 0.339 e. The number of ether oxygens (including phenoxy) is 1. The van der Waals surface area contributed by atoms with Gasteiger partial charge in [-0.25, -0.2) is 4.79 Å². The van der Waals surface area contributed by atoms with Gasteiger partial charge in [0.25, 0.3) is 11.8 Å². The Labute approximate surface area is 181 Å². The van der Waals surface area contributed by atoms with E-state index in [0.29, 0.717) is 6.54 Å². The van der Waals surface area contributed by atoms with E-state index in [0.717, 1.165) is 18.4 Å². The molecule has 2 amide bonds.